The monoisotopic (exact) mass is 340 g/mol. The molecule has 0 aromatic heterocycles. The minimum atomic E-state index is -0.324. The molecule has 1 N–H and O–H groups in total. The Kier molecular flexibility index (Phi) is 3.73. The minimum absolute atomic E-state index is 0.324. The third-order valence-corrected chi connectivity index (χ3v) is 5.33. The van der Waals surface area contributed by atoms with E-state index in [1.54, 1.807) is 0 Å². The maximum Gasteiger partial charge on any atom is 0.0861 e. The molecule has 106 valence electrons. The van der Waals surface area contributed by atoms with Gasteiger partial charge in [-0.05, 0) is 52.9 Å². The maximum absolute atomic E-state index is 9.59. The summed E-state index contributed by atoms with van der Waals surface area (Å²) in [6.07, 6.45) is 1.71. The van der Waals surface area contributed by atoms with Crippen molar-refractivity contribution < 1.29 is 0 Å². The van der Waals surface area contributed by atoms with E-state index in [-0.39, 0.29) is 5.41 Å². The lowest BCUT2D eigenvalue weighted by molar-refractivity contribution is 0.289. The van der Waals surface area contributed by atoms with Crippen LogP contribution in [0.25, 0.3) is 0 Å². The summed E-state index contributed by atoms with van der Waals surface area (Å²) in [5.74, 6) is 0. The first-order valence-electron chi connectivity index (χ1n) is 7.13. The molecule has 3 heteroatoms. The van der Waals surface area contributed by atoms with Gasteiger partial charge < -0.3 is 5.32 Å². The summed E-state index contributed by atoms with van der Waals surface area (Å²) in [7, 11) is 0. The van der Waals surface area contributed by atoms with Crippen LogP contribution in [0, 0.1) is 18.3 Å². The number of anilines is 1. The molecule has 0 aliphatic heterocycles. The Morgan fingerprint density at radius 1 is 1.14 bits per heavy atom. The van der Waals surface area contributed by atoms with Gasteiger partial charge in [-0.2, -0.15) is 5.26 Å². The highest BCUT2D eigenvalue weighted by Gasteiger charge is 2.46. The fourth-order valence-electron chi connectivity index (χ4n) is 3.01. The summed E-state index contributed by atoms with van der Waals surface area (Å²) in [6.45, 7) is 2.08. The molecule has 0 saturated heterocycles. The van der Waals surface area contributed by atoms with Crippen molar-refractivity contribution in [3.05, 3.63) is 64.1 Å². The van der Waals surface area contributed by atoms with E-state index < -0.39 is 0 Å². The minimum Gasteiger partial charge on any atom is -0.381 e. The van der Waals surface area contributed by atoms with Crippen molar-refractivity contribution >= 4 is 21.6 Å². The summed E-state index contributed by atoms with van der Waals surface area (Å²) < 4.78 is 1.11. The molecule has 1 saturated carbocycles. The molecule has 2 nitrogen and oxygen atoms in total. The van der Waals surface area contributed by atoms with Crippen molar-refractivity contribution in [2.75, 3.05) is 5.32 Å². The van der Waals surface area contributed by atoms with Gasteiger partial charge in [0.1, 0.15) is 0 Å². The quantitative estimate of drug-likeness (QED) is 0.871. The van der Waals surface area contributed by atoms with Crippen LogP contribution in [-0.4, -0.2) is 6.04 Å². The van der Waals surface area contributed by atoms with Gasteiger partial charge in [0.25, 0.3) is 0 Å². The molecule has 1 aliphatic rings. The predicted molar refractivity (Wildman–Crippen MR) is 89.3 cm³/mol. The zero-order valence-corrected chi connectivity index (χ0v) is 13.5. The van der Waals surface area contributed by atoms with Crippen molar-refractivity contribution in [3.8, 4) is 6.07 Å². The Morgan fingerprint density at radius 3 is 2.52 bits per heavy atom. The Hall–Kier alpha value is -1.79. The van der Waals surface area contributed by atoms with Gasteiger partial charge in [-0.25, -0.2) is 0 Å². The number of rotatable bonds is 3. The molecule has 0 bridgehead atoms. The molecule has 0 radical (unpaired) electrons. The number of nitriles is 1. The summed E-state index contributed by atoms with van der Waals surface area (Å²) in [6, 6.07) is 19.2. The van der Waals surface area contributed by atoms with Gasteiger partial charge in [0.2, 0.25) is 0 Å². The Bertz CT molecular complexity index is 682. The fraction of sp³-hybridized carbons (Fsp3) is 0.278. The first-order chi connectivity index (χ1) is 10.1. The molecule has 2 aromatic rings. The van der Waals surface area contributed by atoms with E-state index >= 15 is 0 Å². The number of nitrogens with zero attached hydrogens (tertiary/aromatic N) is 1. The van der Waals surface area contributed by atoms with E-state index in [0.29, 0.717) is 6.04 Å². The van der Waals surface area contributed by atoms with Crippen LogP contribution >= 0.6 is 15.9 Å². The SMILES string of the molecule is Cc1cccc(NC2CC(C#N)(c3ccccc3)C2)c1Br. The molecule has 1 fully saturated rings. The van der Waals surface area contributed by atoms with Crippen molar-refractivity contribution in [2.24, 2.45) is 0 Å². The van der Waals surface area contributed by atoms with Gasteiger partial charge in [-0.1, -0.05) is 42.5 Å². The maximum atomic E-state index is 9.59. The molecule has 1 aliphatic carbocycles. The van der Waals surface area contributed by atoms with E-state index in [1.165, 1.54) is 5.56 Å². The zero-order valence-electron chi connectivity index (χ0n) is 11.9. The highest BCUT2D eigenvalue weighted by atomic mass is 79.9. The van der Waals surface area contributed by atoms with Crippen LogP contribution in [0.5, 0.6) is 0 Å². The van der Waals surface area contributed by atoms with Gasteiger partial charge in [-0.3, -0.25) is 0 Å². The molecule has 3 rings (SSSR count). The van der Waals surface area contributed by atoms with Crippen LogP contribution < -0.4 is 5.32 Å². The highest BCUT2D eigenvalue weighted by Crippen LogP contribution is 2.45. The van der Waals surface area contributed by atoms with Gasteiger partial charge >= 0.3 is 0 Å². The summed E-state index contributed by atoms with van der Waals surface area (Å²) in [5.41, 5.74) is 3.14. The molecule has 0 heterocycles. The molecule has 0 amide bonds. The number of nitrogens with one attached hydrogen (secondary N) is 1. The van der Waals surface area contributed by atoms with Crippen molar-refractivity contribution in [2.45, 2.75) is 31.2 Å². The van der Waals surface area contributed by atoms with E-state index in [2.05, 4.69) is 64.6 Å². The van der Waals surface area contributed by atoms with Gasteiger partial charge in [0, 0.05) is 16.2 Å². The number of benzene rings is 2. The molecule has 0 unspecified atom stereocenters. The van der Waals surface area contributed by atoms with Crippen LogP contribution in [0.2, 0.25) is 0 Å². The molecular weight excluding hydrogens is 324 g/mol. The second kappa shape index (κ2) is 5.54. The molecule has 0 atom stereocenters. The average Bonchev–Trinajstić information content (AvgIpc) is 2.48. The Labute approximate surface area is 133 Å². The van der Waals surface area contributed by atoms with Crippen molar-refractivity contribution in [1.29, 1.82) is 5.26 Å². The highest BCUT2D eigenvalue weighted by molar-refractivity contribution is 9.10. The van der Waals surface area contributed by atoms with E-state index in [4.69, 9.17) is 0 Å². The van der Waals surface area contributed by atoms with Crippen molar-refractivity contribution in [1.82, 2.24) is 0 Å². The van der Waals surface area contributed by atoms with E-state index in [9.17, 15) is 5.26 Å². The van der Waals surface area contributed by atoms with Gasteiger partial charge in [0.15, 0.2) is 0 Å². The largest absolute Gasteiger partial charge is 0.381 e. The smallest absolute Gasteiger partial charge is 0.0861 e. The van der Waals surface area contributed by atoms with Gasteiger partial charge in [-0.15, -0.1) is 0 Å². The zero-order chi connectivity index (χ0) is 14.9. The first-order valence-corrected chi connectivity index (χ1v) is 7.92. The normalized spacial score (nSPS) is 24.0. The van der Waals surface area contributed by atoms with Crippen molar-refractivity contribution in [3.63, 3.8) is 0 Å². The Balaban J connectivity index is 1.73. The lowest BCUT2D eigenvalue weighted by atomic mass is 9.62. The number of hydrogen-bond donors (Lipinski definition) is 1. The van der Waals surface area contributed by atoms with Crippen LogP contribution in [0.4, 0.5) is 5.69 Å². The standard InChI is InChI=1S/C18H17BrN2/c1-13-6-5-9-16(17(13)19)21-15-10-18(11-15,12-20)14-7-3-2-4-8-14/h2-9,15,21H,10-11H2,1H3. The topological polar surface area (TPSA) is 35.8 Å². The Morgan fingerprint density at radius 2 is 1.86 bits per heavy atom. The van der Waals surface area contributed by atoms with E-state index in [0.717, 1.165) is 28.6 Å². The second-order valence-corrected chi connectivity index (χ2v) is 6.54. The molecular formula is C18H17BrN2. The number of aryl methyl sites for hydroxylation is 1. The van der Waals surface area contributed by atoms with E-state index in [1.807, 2.05) is 18.2 Å². The summed E-state index contributed by atoms with van der Waals surface area (Å²) >= 11 is 3.62. The van der Waals surface area contributed by atoms with Crippen LogP contribution in [-0.2, 0) is 5.41 Å². The van der Waals surface area contributed by atoms with Crippen LogP contribution in [0.1, 0.15) is 24.0 Å². The third kappa shape index (κ3) is 2.56. The fourth-order valence-corrected chi connectivity index (χ4v) is 3.39. The number of halogens is 1. The third-order valence-electron chi connectivity index (χ3n) is 4.28. The lowest BCUT2D eigenvalue weighted by Crippen LogP contribution is -2.47. The van der Waals surface area contributed by atoms with Gasteiger partial charge in [0.05, 0.1) is 11.5 Å². The summed E-state index contributed by atoms with van der Waals surface area (Å²) in [5, 5.41) is 13.1. The second-order valence-electron chi connectivity index (χ2n) is 5.75. The lowest BCUT2D eigenvalue weighted by Gasteiger charge is -2.43. The first kappa shape index (κ1) is 14.2. The molecule has 2 aromatic carbocycles. The molecule has 21 heavy (non-hydrogen) atoms. The van der Waals surface area contributed by atoms with Crippen LogP contribution in [0.15, 0.2) is 53.0 Å². The predicted octanol–water partition coefficient (Wildman–Crippen LogP) is 4.79. The number of hydrogen-bond acceptors (Lipinski definition) is 2. The van der Waals surface area contributed by atoms with Crippen LogP contribution in [0.3, 0.4) is 0 Å². The average molecular weight is 341 g/mol. The summed E-state index contributed by atoms with van der Waals surface area (Å²) in [4.78, 5) is 0. The molecule has 0 spiro atoms.